The summed E-state index contributed by atoms with van der Waals surface area (Å²) >= 11 is 0. The van der Waals surface area contributed by atoms with Gasteiger partial charge in [-0.05, 0) is 66.2 Å². The molecule has 0 atom stereocenters. The highest BCUT2D eigenvalue weighted by Gasteiger charge is 2.13. The van der Waals surface area contributed by atoms with Crippen LogP contribution in [0.2, 0.25) is 0 Å². The van der Waals surface area contributed by atoms with E-state index in [-0.39, 0.29) is 12.5 Å². The topological polar surface area (TPSA) is 127 Å². The zero-order valence-electron chi connectivity index (χ0n) is 20.1. The number of nitrogens with zero attached hydrogens (tertiary/aromatic N) is 1. The molecule has 3 rings (SSSR count). The Kier molecular flexibility index (Phi) is 9.80. The minimum Gasteiger partial charge on any atom is -0.497 e. The number of amides is 3. The summed E-state index contributed by atoms with van der Waals surface area (Å²) in [6, 6.07) is 20.2. The van der Waals surface area contributed by atoms with Crippen LogP contribution in [0.5, 0.6) is 17.2 Å². The molecule has 0 fully saturated rings. The predicted octanol–water partition coefficient (Wildman–Crippen LogP) is 3.37. The van der Waals surface area contributed by atoms with E-state index in [1.165, 1.54) is 6.21 Å². The standard InChI is InChI=1S/C27H26N4O6/c1-3-15-36-23-13-9-21(10-14-23)30-26(33)27(34)31-28-17-19-5-4-6-24(16-19)37-18-25(32)29-20-7-11-22(35-2)12-8-20/h3-14,16-17H,1,15,18H2,2H3,(H,29,32)(H,30,33)(H,31,34)/b28-17-. The number of hydrogen-bond donors (Lipinski definition) is 3. The lowest BCUT2D eigenvalue weighted by Crippen LogP contribution is -2.32. The van der Waals surface area contributed by atoms with Crippen LogP contribution in [0.4, 0.5) is 11.4 Å². The summed E-state index contributed by atoms with van der Waals surface area (Å²) in [7, 11) is 1.56. The second kappa shape index (κ2) is 13.7. The van der Waals surface area contributed by atoms with Gasteiger partial charge in [0, 0.05) is 11.4 Å². The van der Waals surface area contributed by atoms with Crippen molar-refractivity contribution in [3.63, 3.8) is 0 Å². The van der Waals surface area contributed by atoms with Crippen molar-refractivity contribution in [1.82, 2.24) is 5.43 Å². The molecule has 0 aliphatic carbocycles. The van der Waals surface area contributed by atoms with Crippen LogP contribution in [0.1, 0.15) is 5.56 Å². The number of rotatable bonds is 11. The number of carbonyl (C=O) groups is 3. The van der Waals surface area contributed by atoms with Crippen molar-refractivity contribution < 1.29 is 28.6 Å². The van der Waals surface area contributed by atoms with Crippen LogP contribution in [0.25, 0.3) is 0 Å². The minimum absolute atomic E-state index is 0.203. The second-order valence-electron chi connectivity index (χ2n) is 7.42. The summed E-state index contributed by atoms with van der Waals surface area (Å²) in [6.45, 7) is 3.73. The van der Waals surface area contributed by atoms with E-state index in [1.807, 2.05) is 0 Å². The van der Waals surface area contributed by atoms with Gasteiger partial charge in [-0.3, -0.25) is 14.4 Å². The molecule has 0 aliphatic rings. The highest BCUT2D eigenvalue weighted by atomic mass is 16.5. The number of methoxy groups -OCH3 is 1. The molecule has 190 valence electrons. The lowest BCUT2D eigenvalue weighted by Gasteiger charge is -2.08. The third-order valence-electron chi connectivity index (χ3n) is 4.67. The van der Waals surface area contributed by atoms with Crippen LogP contribution in [0, 0.1) is 0 Å². The summed E-state index contributed by atoms with van der Waals surface area (Å²) in [5.74, 6) is -0.427. The molecule has 3 aromatic carbocycles. The molecule has 3 N–H and O–H groups in total. The second-order valence-corrected chi connectivity index (χ2v) is 7.42. The highest BCUT2D eigenvalue weighted by molar-refractivity contribution is 6.39. The van der Waals surface area contributed by atoms with E-state index < -0.39 is 11.8 Å². The number of carbonyl (C=O) groups excluding carboxylic acids is 3. The molecule has 10 heteroatoms. The summed E-state index contributed by atoms with van der Waals surface area (Å²) in [6.07, 6.45) is 2.97. The van der Waals surface area contributed by atoms with Gasteiger partial charge >= 0.3 is 11.8 Å². The van der Waals surface area contributed by atoms with Crippen LogP contribution in [0.15, 0.2) is 90.6 Å². The molecular formula is C27H26N4O6. The Labute approximate surface area is 213 Å². The van der Waals surface area contributed by atoms with Gasteiger partial charge in [-0.2, -0.15) is 5.10 Å². The van der Waals surface area contributed by atoms with Crippen molar-refractivity contribution in [2.24, 2.45) is 5.10 Å². The van der Waals surface area contributed by atoms with E-state index >= 15 is 0 Å². The van der Waals surface area contributed by atoms with Gasteiger partial charge in [-0.15, -0.1) is 0 Å². The number of anilines is 2. The fourth-order valence-corrected chi connectivity index (χ4v) is 2.90. The Balaban J connectivity index is 1.44. The smallest absolute Gasteiger partial charge is 0.329 e. The summed E-state index contributed by atoms with van der Waals surface area (Å²) in [4.78, 5) is 36.2. The SMILES string of the molecule is C=CCOc1ccc(NC(=O)C(=O)N/N=C\c2cccc(OCC(=O)Nc3ccc(OC)cc3)c2)cc1. The molecule has 3 aromatic rings. The molecule has 0 radical (unpaired) electrons. The molecule has 0 heterocycles. The summed E-state index contributed by atoms with van der Waals surface area (Å²) < 4.78 is 16.0. The van der Waals surface area contributed by atoms with E-state index in [0.29, 0.717) is 40.8 Å². The van der Waals surface area contributed by atoms with Crippen molar-refractivity contribution in [1.29, 1.82) is 0 Å². The summed E-state index contributed by atoms with van der Waals surface area (Å²) in [5, 5.41) is 8.99. The first-order valence-electron chi connectivity index (χ1n) is 11.1. The zero-order valence-corrected chi connectivity index (χ0v) is 20.1. The lowest BCUT2D eigenvalue weighted by molar-refractivity contribution is -0.136. The molecule has 0 saturated carbocycles. The first kappa shape index (κ1) is 26.5. The van der Waals surface area contributed by atoms with Crippen molar-refractivity contribution in [3.05, 3.63) is 91.0 Å². The van der Waals surface area contributed by atoms with Crippen LogP contribution < -0.4 is 30.3 Å². The van der Waals surface area contributed by atoms with Crippen molar-refractivity contribution in [2.45, 2.75) is 0 Å². The molecular weight excluding hydrogens is 476 g/mol. The van der Waals surface area contributed by atoms with E-state index in [2.05, 4.69) is 27.7 Å². The van der Waals surface area contributed by atoms with Gasteiger partial charge in [0.25, 0.3) is 5.91 Å². The van der Waals surface area contributed by atoms with Crippen LogP contribution in [0.3, 0.4) is 0 Å². The van der Waals surface area contributed by atoms with Gasteiger partial charge in [-0.25, -0.2) is 5.43 Å². The molecule has 0 unspecified atom stereocenters. The molecule has 0 bridgehead atoms. The van der Waals surface area contributed by atoms with Gasteiger partial charge in [0.15, 0.2) is 6.61 Å². The van der Waals surface area contributed by atoms with Gasteiger partial charge in [0.1, 0.15) is 23.9 Å². The largest absolute Gasteiger partial charge is 0.497 e. The summed E-state index contributed by atoms with van der Waals surface area (Å²) in [5.41, 5.74) is 3.79. The number of benzene rings is 3. The molecule has 10 nitrogen and oxygen atoms in total. The molecule has 0 aromatic heterocycles. The number of ether oxygens (including phenoxy) is 3. The molecule has 0 aliphatic heterocycles. The monoisotopic (exact) mass is 502 g/mol. The molecule has 0 spiro atoms. The Morgan fingerprint density at radius 1 is 0.838 bits per heavy atom. The maximum absolute atomic E-state index is 12.1. The van der Waals surface area contributed by atoms with Gasteiger partial charge in [0.2, 0.25) is 0 Å². The first-order chi connectivity index (χ1) is 18.0. The average Bonchev–Trinajstić information content (AvgIpc) is 2.92. The molecule has 3 amide bonds. The quantitative estimate of drug-likeness (QED) is 0.160. The minimum atomic E-state index is -0.939. The predicted molar refractivity (Wildman–Crippen MR) is 140 cm³/mol. The van der Waals surface area contributed by atoms with E-state index in [0.717, 1.165) is 0 Å². The third kappa shape index (κ3) is 8.87. The number of hydrazone groups is 1. The van der Waals surface area contributed by atoms with Gasteiger partial charge < -0.3 is 24.8 Å². The van der Waals surface area contributed by atoms with Crippen LogP contribution in [-0.2, 0) is 14.4 Å². The maximum atomic E-state index is 12.1. The van der Waals surface area contributed by atoms with Crippen molar-refractivity contribution in [2.75, 3.05) is 31.0 Å². The maximum Gasteiger partial charge on any atom is 0.329 e. The van der Waals surface area contributed by atoms with Crippen LogP contribution >= 0.6 is 0 Å². The van der Waals surface area contributed by atoms with Gasteiger partial charge in [0.05, 0.1) is 13.3 Å². The Bertz CT molecular complexity index is 1260. The van der Waals surface area contributed by atoms with E-state index in [1.54, 1.807) is 86.0 Å². The molecule has 0 saturated heterocycles. The lowest BCUT2D eigenvalue weighted by atomic mass is 10.2. The van der Waals surface area contributed by atoms with Crippen LogP contribution in [-0.4, -0.2) is 44.3 Å². The third-order valence-corrected chi connectivity index (χ3v) is 4.67. The van der Waals surface area contributed by atoms with E-state index in [4.69, 9.17) is 14.2 Å². The van der Waals surface area contributed by atoms with Crippen molar-refractivity contribution in [3.8, 4) is 17.2 Å². The Hall–Kier alpha value is -5.12. The Morgan fingerprint density at radius 2 is 1.51 bits per heavy atom. The molecule has 37 heavy (non-hydrogen) atoms. The first-order valence-corrected chi connectivity index (χ1v) is 11.1. The number of hydrogen-bond acceptors (Lipinski definition) is 7. The zero-order chi connectivity index (χ0) is 26.5. The highest BCUT2D eigenvalue weighted by Crippen LogP contribution is 2.17. The van der Waals surface area contributed by atoms with Crippen molar-refractivity contribution >= 4 is 35.3 Å². The Morgan fingerprint density at radius 3 is 2.19 bits per heavy atom. The number of nitrogens with one attached hydrogen (secondary N) is 3. The normalized spacial score (nSPS) is 10.3. The van der Waals surface area contributed by atoms with Gasteiger partial charge in [-0.1, -0.05) is 24.8 Å². The fourth-order valence-electron chi connectivity index (χ4n) is 2.90. The fraction of sp³-hybridized carbons (Fsp3) is 0.111. The van der Waals surface area contributed by atoms with E-state index in [9.17, 15) is 14.4 Å². The average molecular weight is 503 g/mol.